The zero-order chi connectivity index (χ0) is 14.4. The first-order chi connectivity index (χ1) is 9.72. The second-order valence-electron chi connectivity index (χ2n) is 5.00. The van der Waals surface area contributed by atoms with Gasteiger partial charge < -0.3 is 10.8 Å². The number of hydrogen-bond acceptors (Lipinski definition) is 3. The van der Waals surface area contributed by atoms with Crippen LogP contribution in [0.15, 0.2) is 24.3 Å². The van der Waals surface area contributed by atoms with Crippen molar-refractivity contribution < 1.29 is 9.90 Å². The molecule has 1 aliphatic heterocycles. The molecule has 20 heavy (non-hydrogen) atoms. The molecule has 4 heteroatoms. The van der Waals surface area contributed by atoms with Crippen molar-refractivity contribution in [3.8, 4) is 11.8 Å². The molecular weight excluding hydrogens is 252 g/mol. The number of hydrogen-bond donors (Lipinski definition) is 2. The van der Waals surface area contributed by atoms with E-state index >= 15 is 0 Å². The first kappa shape index (κ1) is 14.6. The number of amides is 1. The smallest absolute Gasteiger partial charge is 0.234 e. The van der Waals surface area contributed by atoms with E-state index < -0.39 is 0 Å². The Morgan fingerprint density at radius 3 is 2.95 bits per heavy atom. The standard InChI is InChI=1S/C16H20N2O2/c17-16(20)15-9-3-4-10-18(15)12-14-7-2-1-6-13(14)8-5-11-19/h1-2,6-7,15,19H,3-4,9-12H2,(H2,17,20). The van der Waals surface area contributed by atoms with Gasteiger partial charge in [-0.15, -0.1) is 0 Å². The van der Waals surface area contributed by atoms with Crippen LogP contribution in [0.2, 0.25) is 0 Å². The van der Waals surface area contributed by atoms with E-state index in [4.69, 9.17) is 10.8 Å². The lowest BCUT2D eigenvalue weighted by atomic mass is 9.99. The number of aliphatic hydroxyl groups is 1. The molecule has 1 aromatic rings. The lowest BCUT2D eigenvalue weighted by Gasteiger charge is -2.33. The fourth-order valence-corrected chi connectivity index (χ4v) is 2.64. The zero-order valence-electron chi connectivity index (χ0n) is 11.5. The van der Waals surface area contributed by atoms with Gasteiger partial charge in [0.05, 0.1) is 6.04 Å². The normalized spacial score (nSPS) is 19.1. The van der Waals surface area contributed by atoms with E-state index in [0.29, 0.717) is 6.54 Å². The highest BCUT2D eigenvalue weighted by molar-refractivity contribution is 5.79. The van der Waals surface area contributed by atoms with Gasteiger partial charge in [0.25, 0.3) is 0 Å². The van der Waals surface area contributed by atoms with E-state index in [1.54, 1.807) is 0 Å². The van der Waals surface area contributed by atoms with Gasteiger partial charge in [-0.3, -0.25) is 9.69 Å². The molecule has 0 bridgehead atoms. The van der Waals surface area contributed by atoms with Crippen molar-refractivity contribution in [3.05, 3.63) is 35.4 Å². The largest absolute Gasteiger partial charge is 0.384 e. The van der Waals surface area contributed by atoms with Gasteiger partial charge in [-0.2, -0.15) is 0 Å². The van der Waals surface area contributed by atoms with Crippen LogP contribution in [0.25, 0.3) is 0 Å². The third-order valence-corrected chi connectivity index (χ3v) is 3.63. The van der Waals surface area contributed by atoms with Crippen LogP contribution in [0.4, 0.5) is 0 Å². The molecule has 1 saturated heterocycles. The maximum Gasteiger partial charge on any atom is 0.234 e. The summed E-state index contributed by atoms with van der Waals surface area (Å²) in [5, 5.41) is 8.81. The summed E-state index contributed by atoms with van der Waals surface area (Å²) in [5.41, 5.74) is 7.46. The monoisotopic (exact) mass is 272 g/mol. The number of carbonyl (C=O) groups is 1. The van der Waals surface area contributed by atoms with Gasteiger partial charge in [0, 0.05) is 12.1 Å². The summed E-state index contributed by atoms with van der Waals surface area (Å²) in [5.74, 6) is 5.38. The van der Waals surface area contributed by atoms with Crippen molar-refractivity contribution in [1.82, 2.24) is 4.90 Å². The highest BCUT2D eigenvalue weighted by Gasteiger charge is 2.27. The number of aliphatic hydroxyl groups excluding tert-OH is 1. The highest BCUT2D eigenvalue weighted by atomic mass is 16.2. The fourth-order valence-electron chi connectivity index (χ4n) is 2.64. The second-order valence-corrected chi connectivity index (χ2v) is 5.00. The van der Waals surface area contributed by atoms with E-state index in [-0.39, 0.29) is 18.6 Å². The van der Waals surface area contributed by atoms with E-state index in [2.05, 4.69) is 16.7 Å². The predicted molar refractivity (Wildman–Crippen MR) is 77.6 cm³/mol. The maximum atomic E-state index is 11.5. The fraction of sp³-hybridized carbons (Fsp3) is 0.438. The minimum Gasteiger partial charge on any atom is -0.384 e. The number of nitrogens with two attached hydrogens (primary N) is 1. The molecule has 3 N–H and O–H groups in total. The molecule has 0 radical (unpaired) electrons. The topological polar surface area (TPSA) is 66.6 Å². The van der Waals surface area contributed by atoms with Crippen molar-refractivity contribution in [2.45, 2.75) is 31.8 Å². The van der Waals surface area contributed by atoms with E-state index in [1.165, 1.54) is 0 Å². The van der Waals surface area contributed by atoms with Gasteiger partial charge in [-0.1, -0.05) is 36.5 Å². The van der Waals surface area contributed by atoms with Crippen LogP contribution in [-0.4, -0.2) is 35.1 Å². The van der Waals surface area contributed by atoms with Crippen LogP contribution in [0.5, 0.6) is 0 Å². The number of primary amides is 1. The molecule has 1 unspecified atom stereocenters. The number of piperidine rings is 1. The van der Waals surface area contributed by atoms with Crippen LogP contribution < -0.4 is 5.73 Å². The zero-order valence-corrected chi connectivity index (χ0v) is 11.5. The molecule has 0 aromatic heterocycles. The molecule has 2 rings (SSSR count). The van der Waals surface area contributed by atoms with E-state index in [0.717, 1.165) is 36.9 Å². The number of benzene rings is 1. The second kappa shape index (κ2) is 7.09. The minimum absolute atomic E-state index is 0.151. The molecule has 1 atom stereocenters. The SMILES string of the molecule is NC(=O)C1CCCCN1Cc1ccccc1C#CCO. The third-order valence-electron chi connectivity index (χ3n) is 3.63. The van der Waals surface area contributed by atoms with Crippen molar-refractivity contribution in [3.63, 3.8) is 0 Å². The number of likely N-dealkylation sites (tertiary alicyclic amines) is 1. The number of nitrogens with zero attached hydrogens (tertiary/aromatic N) is 1. The molecular formula is C16H20N2O2. The number of rotatable bonds is 3. The molecule has 4 nitrogen and oxygen atoms in total. The molecule has 1 fully saturated rings. The maximum absolute atomic E-state index is 11.5. The summed E-state index contributed by atoms with van der Waals surface area (Å²) in [7, 11) is 0. The van der Waals surface area contributed by atoms with Gasteiger partial charge in [0.15, 0.2) is 0 Å². The van der Waals surface area contributed by atoms with Gasteiger partial charge >= 0.3 is 0 Å². The molecule has 0 aliphatic carbocycles. The van der Waals surface area contributed by atoms with Crippen LogP contribution in [0.1, 0.15) is 30.4 Å². The molecule has 1 amide bonds. The summed E-state index contributed by atoms with van der Waals surface area (Å²) in [6, 6.07) is 7.65. The Kier molecular flexibility index (Phi) is 5.16. The first-order valence-corrected chi connectivity index (χ1v) is 6.93. The van der Waals surface area contributed by atoms with E-state index in [9.17, 15) is 4.79 Å². The van der Waals surface area contributed by atoms with Gasteiger partial charge in [-0.25, -0.2) is 0 Å². The van der Waals surface area contributed by atoms with Crippen molar-refractivity contribution in [1.29, 1.82) is 0 Å². The molecule has 1 aliphatic rings. The first-order valence-electron chi connectivity index (χ1n) is 6.93. The van der Waals surface area contributed by atoms with Gasteiger partial charge in [0.2, 0.25) is 5.91 Å². The Labute approximate surface area is 119 Å². The lowest BCUT2D eigenvalue weighted by Crippen LogP contribution is -2.47. The van der Waals surface area contributed by atoms with Crippen LogP contribution in [-0.2, 0) is 11.3 Å². The third kappa shape index (κ3) is 3.60. The highest BCUT2D eigenvalue weighted by Crippen LogP contribution is 2.20. The Balaban J connectivity index is 2.18. The summed E-state index contributed by atoms with van der Waals surface area (Å²) in [6.45, 7) is 1.40. The van der Waals surface area contributed by atoms with Crippen molar-refractivity contribution >= 4 is 5.91 Å². The molecule has 0 spiro atoms. The summed E-state index contributed by atoms with van der Waals surface area (Å²) >= 11 is 0. The van der Waals surface area contributed by atoms with Crippen LogP contribution in [0, 0.1) is 11.8 Å². The average molecular weight is 272 g/mol. The molecule has 1 heterocycles. The lowest BCUT2D eigenvalue weighted by molar-refractivity contribution is -0.124. The quantitative estimate of drug-likeness (QED) is 0.802. The summed E-state index contributed by atoms with van der Waals surface area (Å²) < 4.78 is 0. The Morgan fingerprint density at radius 2 is 2.20 bits per heavy atom. The molecule has 106 valence electrons. The predicted octanol–water partition coefficient (Wildman–Crippen LogP) is 0.870. The average Bonchev–Trinajstić information content (AvgIpc) is 2.47. The molecule has 1 aromatic carbocycles. The van der Waals surface area contributed by atoms with Gasteiger partial charge in [-0.05, 0) is 31.0 Å². The van der Waals surface area contributed by atoms with Gasteiger partial charge in [0.1, 0.15) is 6.61 Å². The Bertz CT molecular complexity index is 531. The minimum atomic E-state index is -0.247. The van der Waals surface area contributed by atoms with Crippen LogP contribution in [0.3, 0.4) is 0 Å². The van der Waals surface area contributed by atoms with E-state index in [1.807, 2.05) is 24.3 Å². The Morgan fingerprint density at radius 1 is 1.40 bits per heavy atom. The number of carbonyl (C=O) groups excluding carboxylic acids is 1. The summed E-state index contributed by atoms with van der Waals surface area (Å²) in [6.07, 6.45) is 2.98. The molecule has 0 saturated carbocycles. The van der Waals surface area contributed by atoms with Crippen molar-refractivity contribution in [2.75, 3.05) is 13.2 Å². The van der Waals surface area contributed by atoms with Crippen molar-refractivity contribution in [2.24, 2.45) is 5.73 Å². The Hall–Kier alpha value is -1.83. The summed E-state index contributed by atoms with van der Waals surface area (Å²) in [4.78, 5) is 13.7. The van der Waals surface area contributed by atoms with Crippen LogP contribution >= 0.6 is 0 Å².